The molecule has 0 spiro atoms. The summed E-state index contributed by atoms with van der Waals surface area (Å²) in [4.78, 5) is 144. The molecule has 127 heavy (non-hydrogen) atoms. The van der Waals surface area contributed by atoms with Crippen LogP contribution in [0.2, 0.25) is 0 Å². The van der Waals surface area contributed by atoms with Crippen LogP contribution in [0.1, 0.15) is 81.0 Å². The fraction of sp³-hybridized carbons (Fsp3) is 0.581. The molecule has 41 heteroatoms. The molecular weight excluding hydrogens is 1680 g/mol. The van der Waals surface area contributed by atoms with Crippen molar-refractivity contribution in [2.24, 2.45) is 0 Å². The fourth-order valence-electron chi connectivity index (χ4n) is 13.4. The summed E-state index contributed by atoms with van der Waals surface area (Å²) < 4.78 is 128. The molecule has 4 aromatic carbocycles. The molecule has 8 rings (SSSR count). The average molecular weight is 1790 g/mol. The topological polar surface area (TPSA) is 486 Å². The molecule has 41 nitrogen and oxygen atoms in total. The molecule has 5 amide bonds. The smallest absolute Gasteiger partial charge is 0.460 e. The van der Waals surface area contributed by atoms with Crippen molar-refractivity contribution in [1.82, 2.24) is 26.6 Å². The maximum atomic E-state index is 14.2. The minimum Gasteiger partial charge on any atom is -0.460 e. The van der Waals surface area contributed by atoms with E-state index in [4.69, 9.17) is 109 Å². The second-order valence-electron chi connectivity index (χ2n) is 28.7. The summed E-state index contributed by atoms with van der Waals surface area (Å²) in [6, 6.07) is 21.8. The highest BCUT2D eigenvalue weighted by Crippen LogP contribution is 2.45. The first kappa shape index (κ1) is 102. The zero-order chi connectivity index (χ0) is 90.8. The predicted octanol–water partition coefficient (Wildman–Crippen LogP) is 4.12. The Morgan fingerprint density at radius 3 is 1.51 bits per heavy atom. The van der Waals surface area contributed by atoms with Crippen molar-refractivity contribution in [3.63, 3.8) is 0 Å². The molecule has 700 valence electrons. The summed E-state index contributed by atoms with van der Waals surface area (Å²) in [6.07, 6.45) is -11.6. The van der Waals surface area contributed by atoms with Crippen LogP contribution in [-0.2, 0) is 151 Å². The minimum atomic E-state index is -1.89. The number of nitrogens with zero attached hydrogens (tertiary/aromatic N) is 1. The number of nitrogens with one attached hydrogen (secondary N) is 5. The van der Waals surface area contributed by atoms with Gasteiger partial charge in [-0.25, -0.2) is 14.4 Å². The lowest BCUT2D eigenvalue weighted by atomic mass is 9.97. The molecule has 0 bridgehead atoms. The maximum Gasteiger partial charge on any atom is 0.514 e. The Morgan fingerprint density at radius 2 is 1.02 bits per heavy atom. The summed E-state index contributed by atoms with van der Waals surface area (Å²) in [5.41, 5.74) is 3.96. The van der Waals surface area contributed by atoms with Gasteiger partial charge in [-0.05, 0) is 64.9 Å². The van der Waals surface area contributed by atoms with E-state index in [-0.39, 0.29) is 118 Å². The van der Waals surface area contributed by atoms with Gasteiger partial charge in [-0.3, -0.25) is 43.7 Å². The first-order valence-electron chi connectivity index (χ1n) is 41.8. The van der Waals surface area contributed by atoms with E-state index in [1.165, 1.54) is 36.4 Å². The number of fused-ring (bicyclic) bond motifs is 4. The molecule has 1 aliphatic carbocycles. The third-order valence-corrected chi connectivity index (χ3v) is 19.3. The first-order valence-corrected chi connectivity index (χ1v) is 41.8. The van der Waals surface area contributed by atoms with Crippen molar-refractivity contribution in [1.29, 1.82) is 0 Å². The van der Waals surface area contributed by atoms with Crippen LogP contribution < -0.4 is 36.1 Å². The fourth-order valence-corrected chi connectivity index (χ4v) is 13.4. The van der Waals surface area contributed by atoms with Crippen LogP contribution in [0.3, 0.4) is 0 Å². The lowest BCUT2D eigenvalue weighted by molar-refractivity contribution is -0.384. The number of nitro benzene ring substituents is 1. The Balaban J connectivity index is 0.746. The van der Waals surface area contributed by atoms with E-state index in [1.807, 2.05) is 48.5 Å². The lowest BCUT2D eigenvalue weighted by Crippen LogP contribution is -2.64. The standard InChI is InChI=1S/C86H116N6O35/c1-6-27-117-83(100)80-78(122-57(2)93)79(123-58(3)94)81(124-59(4)95)84(127-80)126-72-23-18-60(53-121-86(102)125-63-21-19-62(20-22-63)92(103)104)51-61(72)52-88-73(96)24-26-87-82(99)69(91-85(101)120-54-68-66-14-9-7-12-64(66)65-13-8-10-15-67(65)68)16-11-17-74(97)89-70-55-118-77-71(56-119-76(70)77)90-75(98)25-28-106-31-32-108-35-36-110-39-40-112-43-44-114-47-48-116-50-49-115-46-45-113-42-41-111-38-37-109-34-33-107-30-29-105-5/h6-10,12-15,18-23,51,68-71,76-81,84H,1,11,16-17,24-50,52-56H2,2-5H3,(H,87,99)(H,88,96)(H,89,97)(H,90,98)(H,91,101)/t69-,70-,71-,76+,77+,78-,79-,80-,81+,84+/m0/s1. The van der Waals surface area contributed by atoms with E-state index in [1.54, 1.807) is 7.11 Å². The number of methoxy groups -OCH3 is 1. The quantitative estimate of drug-likeness (QED) is 0.00789. The number of benzene rings is 4. The molecule has 0 radical (unpaired) electrons. The number of ether oxygens (including phenoxy) is 23. The summed E-state index contributed by atoms with van der Waals surface area (Å²) in [6.45, 7) is 14.8. The van der Waals surface area contributed by atoms with Gasteiger partial charge in [0.15, 0.2) is 18.3 Å². The zero-order valence-electron chi connectivity index (χ0n) is 71.8. The number of carbonyl (C=O) groups is 10. The molecule has 5 N–H and O–H groups in total. The number of carbonyl (C=O) groups excluding carboxylic acids is 10. The number of alkyl carbamates (subject to hydrolysis) is 1. The van der Waals surface area contributed by atoms with Gasteiger partial charge in [-0.2, -0.15) is 0 Å². The van der Waals surface area contributed by atoms with Crippen LogP contribution >= 0.6 is 0 Å². The van der Waals surface area contributed by atoms with Gasteiger partial charge in [-0.1, -0.05) is 67.3 Å². The molecule has 4 aliphatic rings. The highest BCUT2D eigenvalue weighted by atomic mass is 16.7. The second kappa shape index (κ2) is 58.1. The number of non-ortho nitro benzene ring substituents is 1. The first-order chi connectivity index (χ1) is 61.7. The number of esters is 4. The van der Waals surface area contributed by atoms with Gasteiger partial charge in [0.25, 0.3) is 5.69 Å². The largest absolute Gasteiger partial charge is 0.514 e. The third kappa shape index (κ3) is 37.0. The molecule has 3 saturated heterocycles. The van der Waals surface area contributed by atoms with Crippen LogP contribution in [0.4, 0.5) is 15.3 Å². The van der Waals surface area contributed by atoms with Gasteiger partial charge in [-0.15, -0.1) is 0 Å². The molecule has 3 aliphatic heterocycles. The van der Waals surface area contributed by atoms with Gasteiger partial charge in [0, 0.05) is 83.8 Å². The molecule has 3 fully saturated rings. The molecule has 10 atom stereocenters. The van der Waals surface area contributed by atoms with Crippen molar-refractivity contribution < 1.29 is 162 Å². The highest BCUT2D eigenvalue weighted by molar-refractivity contribution is 5.87. The SMILES string of the molecule is C=CCOC(=O)[C@H]1O[C@@H](Oc2ccc(COC(=O)Oc3ccc([N+](=O)[O-])cc3)cc2CNC(=O)CCNC(=O)[C@H](CCCC(=O)N[C@H]2CO[C@H]3[C@@H]2OC[C@@H]3NC(=O)CCOCCOCCOCCOCCOCCOCCOCCOCCOCCOCCOCCOC)NC(=O)OCC2c3ccccc3-c3ccccc32)[C@H](OC(C)=O)[C@@H](OC(C)=O)[C@@H]1OC(C)=O. The van der Waals surface area contributed by atoms with Gasteiger partial charge in [0.1, 0.15) is 49.6 Å². The van der Waals surface area contributed by atoms with Gasteiger partial charge < -0.3 is 136 Å². The Bertz CT molecular complexity index is 4040. The van der Waals surface area contributed by atoms with E-state index >= 15 is 0 Å². The molecule has 0 aromatic heterocycles. The Labute approximate surface area is 734 Å². The molecule has 0 unspecified atom stereocenters. The zero-order valence-corrected chi connectivity index (χ0v) is 71.8. The van der Waals surface area contributed by atoms with Gasteiger partial charge >= 0.3 is 36.1 Å². The lowest BCUT2D eigenvalue weighted by Gasteiger charge is -2.43. The van der Waals surface area contributed by atoms with Crippen LogP contribution in [-0.4, -0.2) is 318 Å². The molecule has 4 aromatic rings. The number of amides is 5. The molecule has 3 heterocycles. The van der Waals surface area contributed by atoms with Crippen molar-refractivity contribution in [2.45, 2.75) is 133 Å². The Kier molecular flexibility index (Phi) is 46.6. The summed E-state index contributed by atoms with van der Waals surface area (Å²) >= 11 is 0. The number of hydrogen-bond donors (Lipinski definition) is 5. The van der Waals surface area contributed by atoms with Crippen LogP contribution in [0.5, 0.6) is 11.5 Å². The normalized spacial score (nSPS) is 18.7. The van der Waals surface area contributed by atoms with Crippen LogP contribution in [0, 0.1) is 10.1 Å². The molecule has 0 saturated carbocycles. The van der Waals surface area contributed by atoms with Crippen LogP contribution in [0.25, 0.3) is 11.1 Å². The van der Waals surface area contributed by atoms with E-state index in [0.717, 1.165) is 55.2 Å². The summed E-state index contributed by atoms with van der Waals surface area (Å²) in [5, 5.41) is 25.1. The van der Waals surface area contributed by atoms with Crippen molar-refractivity contribution in [3.05, 3.63) is 136 Å². The monoisotopic (exact) mass is 1790 g/mol. The minimum absolute atomic E-state index is 0.0577. The van der Waals surface area contributed by atoms with Crippen LogP contribution in [0.15, 0.2) is 104 Å². The average Bonchev–Trinajstić information content (AvgIpc) is 1.72. The van der Waals surface area contributed by atoms with Crippen molar-refractivity contribution >= 4 is 65.4 Å². The number of rotatable bonds is 63. The predicted molar refractivity (Wildman–Crippen MR) is 442 cm³/mol. The van der Waals surface area contributed by atoms with E-state index in [2.05, 4.69) is 33.2 Å². The number of nitro groups is 1. The molecular formula is C86H116N6O35. The van der Waals surface area contributed by atoms with E-state index in [9.17, 15) is 58.1 Å². The maximum absolute atomic E-state index is 14.2. The second-order valence-corrected chi connectivity index (χ2v) is 28.7. The van der Waals surface area contributed by atoms with Crippen molar-refractivity contribution in [2.75, 3.05) is 192 Å². The van der Waals surface area contributed by atoms with E-state index < -0.39 is 133 Å². The van der Waals surface area contributed by atoms with Crippen molar-refractivity contribution in [3.8, 4) is 22.6 Å². The Hall–Kier alpha value is -10.5. The third-order valence-electron chi connectivity index (χ3n) is 19.3. The van der Waals surface area contributed by atoms with E-state index in [0.29, 0.717) is 139 Å². The van der Waals surface area contributed by atoms with Gasteiger partial charge in [0.05, 0.1) is 182 Å². The Morgan fingerprint density at radius 1 is 0.535 bits per heavy atom. The number of hydrogen-bond acceptors (Lipinski definition) is 35. The summed E-state index contributed by atoms with van der Waals surface area (Å²) in [5.74, 6) is -6.66. The summed E-state index contributed by atoms with van der Waals surface area (Å²) in [7, 11) is 1.63. The highest BCUT2D eigenvalue weighted by Gasteiger charge is 2.56. The van der Waals surface area contributed by atoms with Gasteiger partial charge in [0.2, 0.25) is 36.0 Å².